The van der Waals surface area contributed by atoms with E-state index in [0.717, 1.165) is 0 Å². The molecule has 0 aromatic rings. The van der Waals surface area contributed by atoms with Crippen molar-refractivity contribution >= 4 is 21.8 Å². The summed E-state index contributed by atoms with van der Waals surface area (Å²) in [6.07, 6.45) is 0. The van der Waals surface area contributed by atoms with Gasteiger partial charge in [0.15, 0.2) is 0 Å². The lowest BCUT2D eigenvalue weighted by Gasteiger charge is -2.33. The molecule has 4 nitrogen and oxygen atoms in total. The van der Waals surface area contributed by atoms with Crippen LogP contribution in [0.3, 0.4) is 0 Å². The lowest BCUT2D eigenvalue weighted by Crippen LogP contribution is -2.46. The summed E-state index contributed by atoms with van der Waals surface area (Å²) in [5.74, 6) is 0.204. The van der Waals surface area contributed by atoms with Crippen LogP contribution >= 0.6 is 11.8 Å². The summed E-state index contributed by atoms with van der Waals surface area (Å²) in [4.78, 5) is 0. The third kappa shape index (κ3) is 5.16. The topological polar surface area (TPSA) is 49.4 Å². The van der Waals surface area contributed by atoms with Gasteiger partial charge >= 0.3 is 0 Å². The largest absolute Gasteiger partial charge is 0.313 e. The number of hydrogen-bond donors (Lipinski definition) is 1. The van der Waals surface area contributed by atoms with E-state index in [1.807, 2.05) is 25.6 Å². The Balaban J connectivity index is 2.51. The van der Waals surface area contributed by atoms with E-state index in [9.17, 15) is 8.42 Å². The normalized spacial score (nSPS) is 27.6. The van der Waals surface area contributed by atoms with Crippen LogP contribution in [-0.4, -0.2) is 54.7 Å². The van der Waals surface area contributed by atoms with E-state index >= 15 is 0 Å². The Morgan fingerprint density at radius 3 is 2.29 bits per heavy atom. The van der Waals surface area contributed by atoms with Crippen LogP contribution in [0, 0.1) is 0 Å². The molecule has 1 aliphatic rings. The third-order valence-corrected chi connectivity index (χ3v) is 5.72. The number of sulfonamides is 1. The second kappa shape index (κ2) is 6.41. The Labute approximate surface area is 110 Å². The average molecular weight is 280 g/mol. The smallest absolute Gasteiger partial charge is 0.215 e. The Kier molecular flexibility index (Phi) is 5.76. The summed E-state index contributed by atoms with van der Waals surface area (Å²) >= 11 is 1.87. The molecule has 0 radical (unpaired) electrons. The van der Waals surface area contributed by atoms with Crippen LogP contribution < -0.4 is 5.32 Å². The van der Waals surface area contributed by atoms with Gasteiger partial charge in [-0.25, -0.2) is 8.42 Å². The fourth-order valence-corrected chi connectivity index (χ4v) is 5.01. The van der Waals surface area contributed by atoms with E-state index in [4.69, 9.17) is 0 Å². The Morgan fingerprint density at radius 1 is 1.29 bits per heavy atom. The van der Waals surface area contributed by atoms with Crippen molar-refractivity contribution in [2.75, 3.05) is 25.4 Å². The summed E-state index contributed by atoms with van der Waals surface area (Å²) in [6.45, 7) is 10.1. The molecule has 2 atom stereocenters. The maximum absolute atomic E-state index is 12.1. The first-order chi connectivity index (χ1) is 7.81. The van der Waals surface area contributed by atoms with E-state index in [1.165, 1.54) is 0 Å². The van der Waals surface area contributed by atoms with Crippen molar-refractivity contribution in [2.45, 2.75) is 44.2 Å². The number of rotatable bonds is 5. The van der Waals surface area contributed by atoms with Gasteiger partial charge in [-0.2, -0.15) is 16.1 Å². The predicted octanol–water partition coefficient (Wildman–Crippen LogP) is 1.14. The van der Waals surface area contributed by atoms with Gasteiger partial charge in [-0.3, -0.25) is 0 Å². The van der Waals surface area contributed by atoms with Crippen molar-refractivity contribution < 1.29 is 8.42 Å². The molecule has 0 amide bonds. The number of hydrogen-bond acceptors (Lipinski definition) is 4. The molecule has 0 saturated carbocycles. The van der Waals surface area contributed by atoms with Crippen molar-refractivity contribution in [2.24, 2.45) is 0 Å². The minimum atomic E-state index is -3.09. The molecule has 6 heteroatoms. The van der Waals surface area contributed by atoms with Crippen LogP contribution in [0.2, 0.25) is 0 Å². The van der Waals surface area contributed by atoms with Gasteiger partial charge in [-0.1, -0.05) is 27.7 Å². The van der Waals surface area contributed by atoms with Crippen LogP contribution in [-0.2, 0) is 10.0 Å². The molecule has 2 unspecified atom stereocenters. The van der Waals surface area contributed by atoms with Crippen molar-refractivity contribution in [3.05, 3.63) is 0 Å². The van der Waals surface area contributed by atoms with Gasteiger partial charge in [0.1, 0.15) is 0 Å². The molecule has 0 bridgehead atoms. The molecule has 0 spiro atoms. The molecule has 1 heterocycles. The molecule has 1 saturated heterocycles. The maximum Gasteiger partial charge on any atom is 0.215 e. The first kappa shape index (κ1) is 15.3. The minimum absolute atomic E-state index is 0.204. The van der Waals surface area contributed by atoms with E-state index in [1.54, 1.807) is 4.31 Å². The summed E-state index contributed by atoms with van der Waals surface area (Å²) in [7, 11) is -3.09. The van der Waals surface area contributed by atoms with Crippen LogP contribution in [0.15, 0.2) is 0 Å². The zero-order valence-corrected chi connectivity index (χ0v) is 12.8. The molecule has 1 fully saturated rings. The van der Waals surface area contributed by atoms with Crippen molar-refractivity contribution in [1.29, 1.82) is 0 Å². The fourth-order valence-electron chi connectivity index (χ4n) is 1.96. The molecular formula is C11H24N2O2S2. The second-order valence-electron chi connectivity index (χ2n) is 5.00. The highest BCUT2D eigenvalue weighted by molar-refractivity contribution is 8.00. The van der Waals surface area contributed by atoms with Gasteiger partial charge in [0, 0.05) is 36.2 Å². The van der Waals surface area contributed by atoms with Gasteiger partial charge < -0.3 is 5.32 Å². The van der Waals surface area contributed by atoms with Gasteiger partial charge in [0.25, 0.3) is 0 Å². The van der Waals surface area contributed by atoms with Crippen LogP contribution in [0.4, 0.5) is 0 Å². The molecule has 17 heavy (non-hydrogen) atoms. The van der Waals surface area contributed by atoms with Crippen molar-refractivity contribution in [3.63, 3.8) is 0 Å². The van der Waals surface area contributed by atoms with Crippen LogP contribution in [0.1, 0.15) is 27.7 Å². The SMILES string of the molecule is CC(C)NCCS(=O)(=O)N1CC(C)SC(C)C1. The molecule has 102 valence electrons. The Bertz CT molecular complexity index is 320. The average Bonchev–Trinajstić information content (AvgIpc) is 2.14. The third-order valence-electron chi connectivity index (χ3n) is 2.69. The molecule has 0 aromatic heterocycles. The van der Waals surface area contributed by atoms with E-state index in [2.05, 4.69) is 19.2 Å². The van der Waals surface area contributed by atoms with Gasteiger partial charge in [-0.05, 0) is 0 Å². The zero-order chi connectivity index (χ0) is 13.1. The van der Waals surface area contributed by atoms with E-state index in [-0.39, 0.29) is 5.75 Å². The number of nitrogens with one attached hydrogen (secondary N) is 1. The molecular weight excluding hydrogens is 256 g/mol. The summed E-state index contributed by atoms with van der Waals surface area (Å²) in [6, 6.07) is 0.333. The van der Waals surface area contributed by atoms with Gasteiger partial charge in [0.05, 0.1) is 5.75 Å². The standard InChI is InChI=1S/C11H24N2O2S2/c1-9(2)12-5-6-17(14,15)13-7-10(3)16-11(4)8-13/h9-12H,5-8H2,1-4H3. The highest BCUT2D eigenvalue weighted by atomic mass is 32.2. The fraction of sp³-hybridized carbons (Fsp3) is 1.00. The maximum atomic E-state index is 12.1. The second-order valence-corrected chi connectivity index (χ2v) is 8.97. The number of nitrogens with zero attached hydrogens (tertiary/aromatic N) is 1. The molecule has 1 aliphatic heterocycles. The highest BCUT2D eigenvalue weighted by Crippen LogP contribution is 2.26. The minimum Gasteiger partial charge on any atom is -0.313 e. The van der Waals surface area contributed by atoms with E-state index in [0.29, 0.717) is 36.2 Å². The molecule has 0 aromatic carbocycles. The Morgan fingerprint density at radius 2 is 1.82 bits per heavy atom. The lowest BCUT2D eigenvalue weighted by molar-refractivity contribution is 0.403. The van der Waals surface area contributed by atoms with Gasteiger partial charge in [0.2, 0.25) is 10.0 Å². The van der Waals surface area contributed by atoms with Crippen molar-refractivity contribution in [1.82, 2.24) is 9.62 Å². The van der Waals surface area contributed by atoms with Crippen molar-refractivity contribution in [3.8, 4) is 0 Å². The van der Waals surface area contributed by atoms with Crippen LogP contribution in [0.25, 0.3) is 0 Å². The summed E-state index contributed by atoms with van der Waals surface area (Å²) in [5, 5.41) is 3.94. The summed E-state index contributed by atoms with van der Waals surface area (Å²) < 4.78 is 25.9. The van der Waals surface area contributed by atoms with E-state index < -0.39 is 10.0 Å². The predicted molar refractivity (Wildman–Crippen MR) is 75.0 cm³/mol. The molecule has 0 aliphatic carbocycles. The van der Waals surface area contributed by atoms with Gasteiger partial charge in [-0.15, -0.1) is 0 Å². The zero-order valence-electron chi connectivity index (χ0n) is 11.1. The monoisotopic (exact) mass is 280 g/mol. The quantitative estimate of drug-likeness (QED) is 0.820. The first-order valence-electron chi connectivity index (χ1n) is 6.18. The highest BCUT2D eigenvalue weighted by Gasteiger charge is 2.30. The first-order valence-corrected chi connectivity index (χ1v) is 8.73. The molecule has 1 rings (SSSR count). The Hall–Kier alpha value is 0.220. The summed E-state index contributed by atoms with van der Waals surface area (Å²) in [5.41, 5.74) is 0. The molecule has 1 N–H and O–H groups in total. The lowest BCUT2D eigenvalue weighted by atomic mass is 10.4. The van der Waals surface area contributed by atoms with Crippen LogP contribution in [0.5, 0.6) is 0 Å². The number of thioether (sulfide) groups is 1.